The van der Waals surface area contributed by atoms with Gasteiger partial charge in [0.15, 0.2) is 16.6 Å². The molecule has 0 saturated carbocycles. The van der Waals surface area contributed by atoms with Crippen LogP contribution in [0.25, 0.3) is 0 Å². The number of aliphatic hydroxyl groups is 2. The summed E-state index contributed by atoms with van der Waals surface area (Å²) in [6.45, 7) is 49.3. The maximum absolute atomic E-state index is 14.2. The Balaban J connectivity index is 0.000000256. The number of aromatic amines is 2. The van der Waals surface area contributed by atoms with E-state index in [1.54, 1.807) is 24.3 Å². The molecule has 6 heterocycles. The van der Waals surface area contributed by atoms with Gasteiger partial charge in [-0.1, -0.05) is 158 Å². The Morgan fingerprint density at radius 3 is 1.17 bits per heavy atom. The number of nitro groups is 3. The molecule has 4 aromatic carbocycles. The number of aliphatic hydroxyl groups excluding tert-OH is 2. The molecule has 10 rings (SSSR count). The summed E-state index contributed by atoms with van der Waals surface area (Å²) >= 11 is 5.92. The summed E-state index contributed by atoms with van der Waals surface area (Å²) < 4.78 is 107. The van der Waals surface area contributed by atoms with Crippen molar-refractivity contribution in [3.05, 3.63) is 211 Å². The summed E-state index contributed by atoms with van der Waals surface area (Å²) in [5, 5.41) is 55.4. The van der Waals surface area contributed by atoms with Crippen molar-refractivity contribution in [1.29, 1.82) is 0 Å². The first-order chi connectivity index (χ1) is 61.9. The highest BCUT2D eigenvalue weighted by molar-refractivity contribution is 14.1. The molecule has 0 radical (unpaired) electrons. The lowest BCUT2D eigenvalue weighted by molar-refractivity contribution is -0.386. The van der Waals surface area contributed by atoms with Crippen LogP contribution in [0.4, 0.5) is 17.1 Å². The number of methoxy groups -OCH3 is 3. The van der Waals surface area contributed by atoms with E-state index in [1.807, 2.05) is 178 Å². The first-order valence-electron chi connectivity index (χ1n) is 44.3. The topological polar surface area (TPSA) is 459 Å². The fourth-order valence-corrected chi connectivity index (χ4v) is 21.4. The molecule has 742 valence electrons. The third-order valence-corrected chi connectivity index (χ3v) is 37.6. The van der Waals surface area contributed by atoms with Gasteiger partial charge in [-0.3, -0.25) is 63.6 Å². The van der Waals surface area contributed by atoms with Crippen molar-refractivity contribution in [2.24, 2.45) is 16.2 Å². The maximum atomic E-state index is 14.2. The van der Waals surface area contributed by atoms with E-state index in [0.717, 1.165) is 16.6 Å². The number of nitrogens with one attached hydrogen (secondary N) is 2. The highest BCUT2D eigenvalue weighted by Gasteiger charge is 2.49. The molecule has 7 aromatic rings. The Hall–Kier alpha value is -7.31. The number of ether oxygens (including phenoxy) is 9. The number of nitrogens with zero attached hydrogens (tertiary/aromatic N) is 7. The van der Waals surface area contributed by atoms with Crippen LogP contribution in [-0.2, 0) is 67.2 Å². The average Bonchev–Trinajstić information content (AvgIpc) is 1.73. The standard InChI is InChI=1S/C41H60IN3O10SSi.C29H44IN3O8Si.C22H28IN3O9/c1-15-32-34(55-57(13,14)41(9,10)11)21-36(53-32)44-22-27(23-52-37(40(6,7)8)29-19-33(51-12)30(42)20-31(29)45(47)48)38(43-39(44)46)54-56(49,50)35-17-16-26(24(2)3)18-28(35)25(4)5;1-11-21-23(41-42(9,10)29(5,6)7)14-24(40-21)32-15-17(26(34)31-27(32)35)16-39-25(28(2,3)4)18-12-22(38-8)19(30)13-20(18)33(36)37;1-22(2,3)19(12-5-16(33-4)13(23)6-14(12)26(31)32)34-10-11-8-25(21(30)24-20(11)29)18-7-15(28)17(9-27)35-18/h16-20,22,24-25,32,34,36-37H,15,21,23H2,1-14H3;12-13,15,21,23-25H,11,14,16H2,1-10H3,(H,31,34,35);5-6,8,15,17-19,27-28H,7,9-10H2,1-4H3,(H,24,29,30)/t32-,34?,36-,37-;21-,23?,24-,25-;15?,17-,18-,19-/m111/s1. The van der Waals surface area contributed by atoms with Crippen LogP contribution >= 0.6 is 67.8 Å². The number of rotatable bonds is 33. The average molecular weight is 2270 g/mol. The minimum absolute atomic E-state index is 0.0163. The first kappa shape index (κ1) is 112. The number of nitro benzene ring substituents is 3. The molecule has 4 N–H and O–H groups in total. The van der Waals surface area contributed by atoms with Crippen molar-refractivity contribution in [3.63, 3.8) is 0 Å². The second-order valence-electron chi connectivity index (χ2n) is 40.6. The zero-order chi connectivity index (χ0) is 101. The molecule has 12 atom stereocenters. The lowest BCUT2D eigenvalue weighted by Gasteiger charge is -2.39. The molecule has 3 aromatic heterocycles. The van der Waals surface area contributed by atoms with E-state index in [1.165, 1.54) is 73.3 Å². The van der Waals surface area contributed by atoms with Gasteiger partial charge in [0.25, 0.3) is 28.2 Å². The van der Waals surface area contributed by atoms with Gasteiger partial charge in [-0.25, -0.2) is 14.4 Å². The minimum atomic E-state index is -4.53. The maximum Gasteiger partial charge on any atom is 0.353 e. The predicted molar refractivity (Wildman–Crippen MR) is 535 cm³/mol. The summed E-state index contributed by atoms with van der Waals surface area (Å²) in [6.07, 6.45) is -1.06. The molecule has 0 aliphatic carbocycles. The van der Waals surface area contributed by atoms with Crippen molar-refractivity contribution >= 4 is 112 Å². The quantitative estimate of drug-likeness (QED) is 0.00975. The fraction of sp³-hybridized carbons (Fsp3) is 0.609. The largest absolute Gasteiger partial charge is 0.496 e. The Bertz CT molecular complexity index is 5810. The predicted octanol–water partition coefficient (Wildman–Crippen LogP) is 18.6. The van der Waals surface area contributed by atoms with E-state index in [-0.39, 0.29) is 122 Å². The summed E-state index contributed by atoms with van der Waals surface area (Å²) in [5.41, 5.74) is -2.81. The highest BCUT2D eigenvalue weighted by atomic mass is 127. The van der Waals surface area contributed by atoms with Crippen LogP contribution in [0.2, 0.25) is 36.3 Å². The molecule has 3 fully saturated rings. The van der Waals surface area contributed by atoms with Gasteiger partial charge in [-0.2, -0.15) is 13.4 Å². The lowest BCUT2D eigenvalue weighted by atomic mass is 9.83. The Kier molecular flexibility index (Phi) is 37.5. The molecular formula is C92H132I3N9O27SSi2. The summed E-state index contributed by atoms with van der Waals surface area (Å²) in [6, 6.07) is 14.2. The summed E-state index contributed by atoms with van der Waals surface area (Å²) in [5.74, 6) is 0.907. The molecule has 0 spiro atoms. The highest BCUT2D eigenvalue weighted by Crippen LogP contribution is 2.50. The van der Waals surface area contributed by atoms with Crippen LogP contribution < -0.4 is 46.6 Å². The molecule has 0 amide bonds. The van der Waals surface area contributed by atoms with Gasteiger partial charge in [0, 0.05) is 56.1 Å². The second-order valence-corrected chi connectivity index (χ2v) is 55.1. The van der Waals surface area contributed by atoms with Crippen LogP contribution in [0.3, 0.4) is 0 Å². The fourth-order valence-electron chi connectivity index (χ4n) is 15.4. The molecule has 3 aliphatic rings. The van der Waals surface area contributed by atoms with Crippen LogP contribution in [0.1, 0.15) is 271 Å². The van der Waals surface area contributed by atoms with Crippen molar-refractivity contribution < 1.29 is 89.1 Å². The summed E-state index contributed by atoms with van der Waals surface area (Å²) in [7, 11) is -4.40. The van der Waals surface area contributed by atoms with Crippen LogP contribution in [-0.4, -0.2) is 143 Å². The van der Waals surface area contributed by atoms with Crippen molar-refractivity contribution in [2.45, 2.75) is 324 Å². The van der Waals surface area contributed by atoms with Crippen molar-refractivity contribution in [2.75, 3.05) is 27.9 Å². The smallest absolute Gasteiger partial charge is 0.353 e. The monoisotopic (exact) mass is 2260 g/mol. The van der Waals surface area contributed by atoms with Gasteiger partial charge in [-0.05, 0) is 180 Å². The minimum Gasteiger partial charge on any atom is -0.496 e. The molecule has 36 nitrogen and oxygen atoms in total. The van der Waals surface area contributed by atoms with Gasteiger partial charge in [-0.15, -0.1) is 0 Å². The van der Waals surface area contributed by atoms with Crippen molar-refractivity contribution in [3.8, 4) is 23.1 Å². The summed E-state index contributed by atoms with van der Waals surface area (Å²) in [4.78, 5) is 108. The van der Waals surface area contributed by atoms with Gasteiger partial charge >= 0.3 is 27.2 Å². The third kappa shape index (κ3) is 27.0. The molecule has 134 heavy (non-hydrogen) atoms. The molecule has 42 heteroatoms. The van der Waals surface area contributed by atoms with Gasteiger partial charge < -0.3 is 65.9 Å². The molecule has 0 bridgehead atoms. The van der Waals surface area contributed by atoms with Gasteiger partial charge in [0.2, 0.25) is 5.88 Å². The lowest BCUT2D eigenvalue weighted by Crippen LogP contribution is -2.45. The third-order valence-electron chi connectivity index (χ3n) is 24.8. The van der Waals surface area contributed by atoms with Gasteiger partial charge in [0.05, 0.1) is 155 Å². The zero-order valence-electron chi connectivity index (χ0n) is 81.6. The molecular weight excluding hydrogens is 2130 g/mol. The number of aromatic nitrogens is 6. The van der Waals surface area contributed by atoms with Crippen LogP contribution in [0.15, 0.2) is 102 Å². The zero-order valence-corrected chi connectivity index (χ0v) is 90.9. The normalized spacial score (nSPS) is 19.9. The van der Waals surface area contributed by atoms with Crippen molar-refractivity contribution in [1.82, 2.24) is 28.7 Å². The number of hydrogen-bond donors (Lipinski definition) is 4. The van der Waals surface area contributed by atoms with E-state index in [9.17, 15) is 72.9 Å². The number of halogens is 3. The number of hydrogen-bond acceptors (Lipinski definition) is 28. The van der Waals surface area contributed by atoms with E-state index in [4.69, 9.17) is 55.7 Å². The number of benzene rings is 4. The Labute approximate surface area is 824 Å². The molecule has 3 saturated heterocycles. The van der Waals surface area contributed by atoms with E-state index in [0.29, 0.717) is 58.3 Å². The Morgan fingerprint density at radius 2 is 0.858 bits per heavy atom. The van der Waals surface area contributed by atoms with Crippen LogP contribution in [0.5, 0.6) is 23.1 Å². The SMILES string of the molecule is CC[C@H]1O[C@@H](n2cc(CO[C@H](c3cc(OC)c(I)cc3[N+](=O)[O-])C(C)(C)C)c(=O)[nH]c2=O)CC1O[Si](C)(C)C(C)(C)C.CC[C@H]1O[C@@H](n2cc(CO[C@H](c3cc(OC)c(I)cc3[N+](=O)[O-])C(C)(C)C)c(OS(=O)(=O)c3ccc(C(C)C)cc3C(C)C)nc2=O)CC1O[Si](C)(C)C(C)(C)C.COc1cc([C@@H](OCc2cn([C@H]3CC(O)[C@@H](CO)O3)c(=O)[nH]c2=O)C(C)(C)C)c([N+](=O)[O-])cc1I. The van der Waals surface area contributed by atoms with E-state index >= 15 is 0 Å². The number of H-pyrrole nitrogens is 2. The van der Waals surface area contributed by atoms with Gasteiger partial charge in [0.1, 0.15) is 46.9 Å². The Morgan fingerprint density at radius 1 is 0.515 bits per heavy atom. The van der Waals surface area contributed by atoms with E-state index < -0.39 is 148 Å². The molecule has 3 unspecified atom stereocenters. The van der Waals surface area contributed by atoms with Crippen LogP contribution in [0, 0.1) is 57.3 Å². The first-order valence-corrected chi connectivity index (χ1v) is 54.8. The second kappa shape index (κ2) is 44.9. The molecule has 3 aliphatic heterocycles. The van der Waals surface area contributed by atoms with E-state index in [2.05, 4.69) is 82.7 Å².